The smallest absolute Gasteiger partial charge is 0.260 e. The van der Waals surface area contributed by atoms with Gasteiger partial charge in [0.25, 0.3) is 5.91 Å². The van der Waals surface area contributed by atoms with E-state index in [0.717, 1.165) is 24.7 Å². The molecule has 26 heavy (non-hydrogen) atoms. The van der Waals surface area contributed by atoms with Crippen molar-refractivity contribution < 1.29 is 14.3 Å². The number of para-hydroxylation sites is 1. The van der Waals surface area contributed by atoms with E-state index in [1.165, 1.54) is 25.7 Å². The maximum absolute atomic E-state index is 12.6. The minimum absolute atomic E-state index is 0.00143. The van der Waals surface area contributed by atoms with Crippen LogP contribution < -0.4 is 10.1 Å². The van der Waals surface area contributed by atoms with Crippen LogP contribution in [0, 0.1) is 17.8 Å². The Morgan fingerprint density at radius 1 is 1.00 bits per heavy atom. The van der Waals surface area contributed by atoms with Gasteiger partial charge in [0, 0.05) is 25.0 Å². The van der Waals surface area contributed by atoms with Gasteiger partial charge in [-0.25, -0.2) is 0 Å². The summed E-state index contributed by atoms with van der Waals surface area (Å²) in [7, 11) is 0. The van der Waals surface area contributed by atoms with Gasteiger partial charge in [0.15, 0.2) is 6.61 Å². The zero-order chi connectivity index (χ0) is 17.9. The van der Waals surface area contributed by atoms with Crippen LogP contribution in [0.3, 0.4) is 0 Å². The third-order valence-corrected chi connectivity index (χ3v) is 5.89. The fraction of sp³-hybridized carbons (Fsp3) is 0.619. The standard InChI is InChI=1S/C21H28N2O3/c24-19(14-26-18-4-2-1-3-5-18)23-12-10-17(11-13-23)21(25)22-20(15-6-7-15)16-8-9-16/h1-5,15-17,20H,6-14H2,(H,22,25). The van der Waals surface area contributed by atoms with E-state index in [4.69, 9.17) is 4.74 Å². The average molecular weight is 356 g/mol. The molecule has 5 heteroatoms. The van der Waals surface area contributed by atoms with E-state index in [1.54, 1.807) is 0 Å². The number of piperidine rings is 1. The predicted octanol–water partition coefficient (Wildman–Crippen LogP) is 2.61. The van der Waals surface area contributed by atoms with Crippen molar-refractivity contribution in [1.82, 2.24) is 10.2 Å². The monoisotopic (exact) mass is 356 g/mol. The van der Waals surface area contributed by atoms with Gasteiger partial charge in [-0.3, -0.25) is 9.59 Å². The third-order valence-electron chi connectivity index (χ3n) is 5.89. The van der Waals surface area contributed by atoms with Crippen molar-refractivity contribution in [1.29, 1.82) is 0 Å². The molecule has 1 N–H and O–H groups in total. The molecule has 2 saturated carbocycles. The second-order valence-corrected chi connectivity index (χ2v) is 7.97. The Morgan fingerprint density at radius 3 is 2.19 bits per heavy atom. The lowest BCUT2D eigenvalue weighted by Gasteiger charge is -2.32. The van der Waals surface area contributed by atoms with Crippen LogP contribution in [0.5, 0.6) is 5.75 Å². The summed E-state index contributed by atoms with van der Waals surface area (Å²) < 4.78 is 5.54. The van der Waals surface area contributed by atoms with Gasteiger partial charge >= 0.3 is 0 Å². The number of carbonyl (C=O) groups excluding carboxylic acids is 2. The van der Waals surface area contributed by atoms with E-state index in [2.05, 4.69) is 5.32 Å². The molecule has 1 aromatic rings. The molecule has 0 radical (unpaired) electrons. The lowest BCUT2D eigenvalue weighted by Crippen LogP contribution is -2.47. The van der Waals surface area contributed by atoms with Crippen molar-refractivity contribution in [3.05, 3.63) is 30.3 Å². The molecule has 1 saturated heterocycles. The number of nitrogens with zero attached hydrogens (tertiary/aromatic N) is 1. The zero-order valence-corrected chi connectivity index (χ0v) is 15.2. The fourth-order valence-electron chi connectivity index (χ4n) is 3.96. The number of ether oxygens (including phenoxy) is 1. The molecule has 0 bridgehead atoms. The van der Waals surface area contributed by atoms with Crippen LogP contribution >= 0.6 is 0 Å². The van der Waals surface area contributed by atoms with Gasteiger partial charge < -0.3 is 15.0 Å². The van der Waals surface area contributed by atoms with E-state index in [-0.39, 0.29) is 24.3 Å². The molecule has 5 nitrogen and oxygen atoms in total. The van der Waals surface area contributed by atoms with Crippen LogP contribution in [0.1, 0.15) is 38.5 Å². The van der Waals surface area contributed by atoms with E-state index >= 15 is 0 Å². The van der Waals surface area contributed by atoms with Crippen LogP contribution in [0.15, 0.2) is 30.3 Å². The maximum atomic E-state index is 12.6. The molecule has 0 aromatic heterocycles. The Hall–Kier alpha value is -2.04. The summed E-state index contributed by atoms with van der Waals surface area (Å²) in [5, 5.41) is 3.33. The van der Waals surface area contributed by atoms with E-state index in [1.807, 2.05) is 35.2 Å². The van der Waals surface area contributed by atoms with Crippen molar-refractivity contribution in [2.75, 3.05) is 19.7 Å². The van der Waals surface area contributed by atoms with Gasteiger partial charge in [-0.05, 0) is 62.5 Å². The number of likely N-dealkylation sites (tertiary alicyclic amines) is 1. The molecule has 3 aliphatic rings. The molecule has 0 spiro atoms. The number of amides is 2. The second-order valence-electron chi connectivity index (χ2n) is 7.97. The first-order valence-corrected chi connectivity index (χ1v) is 9.96. The van der Waals surface area contributed by atoms with Gasteiger partial charge in [0.05, 0.1) is 0 Å². The highest BCUT2D eigenvalue weighted by molar-refractivity contribution is 5.81. The summed E-state index contributed by atoms with van der Waals surface area (Å²) in [6.07, 6.45) is 6.60. The van der Waals surface area contributed by atoms with Crippen molar-refractivity contribution in [2.45, 2.75) is 44.6 Å². The van der Waals surface area contributed by atoms with Gasteiger partial charge in [0.1, 0.15) is 5.75 Å². The first-order chi connectivity index (χ1) is 12.7. The number of benzene rings is 1. The zero-order valence-electron chi connectivity index (χ0n) is 15.2. The number of hydrogen-bond acceptors (Lipinski definition) is 3. The van der Waals surface area contributed by atoms with Crippen LogP contribution in [-0.2, 0) is 9.59 Å². The quantitative estimate of drug-likeness (QED) is 0.817. The molecule has 3 fully saturated rings. The number of rotatable bonds is 7. The van der Waals surface area contributed by atoms with Crippen LogP contribution in [0.2, 0.25) is 0 Å². The summed E-state index contributed by atoms with van der Waals surface area (Å²) >= 11 is 0. The average Bonchev–Trinajstić information content (AvgIpc) is 3.58. The lowest BCUT2D eigenvalue weighted by molar-refractivity contribution is -0.137. The Balaban J connectivity index is 1.20. The molecule has 140 valence electrons. The normalized spacial score (nSPS) is 20.9. The summed E-state index contributed by atoms with van der Waals surface area (Å²) in [5.74, 6) is 2.42. The van der Waals surface area contributed by atoms with Gasteiger partial charge in [-0.15, -0.1) is 0 Å². The van der Waals surface area contributed by atoms with Gasteiger partial charge in [0.2, 0.25) is 5.91 Å². The molecule has 0 unspecified atom stereocenters. The number of nitrogens with one attached hydrogen (secondary N) is 1. The largest absolute Gasteiger partial charge is 0.484 e. The summed E-state index contributed by atoms with van der Waals surface area (Å²) in [6.45, 7) is 1.35. The summed E-state index contributed by atoms with van der Waals surface area (Å²) in [4.78, 5) is 26.8. The summed E-state index contributed by atoms with van der Waals surface area (Å²) in [5.41, 5.74) is 0. The van der Waals surface area contributed by atoms with E-state index in [0.29, 0.717) is 24.9 Å². The first-order valence-electron chi connectivity index (χ1n) is 9.96. The van der Waals surface area contributed by atoms with Gasteiger partial charge in [-0.1, -0.05) is 18.2 Å². The number of carbonyl (C=O) groups is 2. The van der Waals surface area contributed by atoms with E-state index < -0.39 is 0 Å². The predicted molar refractivity (Wildman–Crippen MR) is 98.6 cm³/mol. The minimum Gasteiger partial charge on any atom is -0.484 e. The van der Waals surface area contributed by atoms with Crippen LogP contribution in [-0.4, -0.2) is 42.5 Å². The topological polar surface area (TPSA) is 58.6 Å². The molecule has 2 aliphatic carbocycles. The molecular weight excluding hydrogens is 328 g/mol. The maximum Gasteiger partial charge on any atom is 0.260 e. The van der Waals surface area contributed by atoms with Crippen molar-refractivity contribution in [2.24, 2.45) is 17.8 Å². The van der Waals surface area contributed by atoms with Crippen molar-refractivity contribution in [3.63, 3.8) is 0 Å². The van der Waals surface area contributed by atoms with Crippen LogP contribution in [0.25, 0.3) is 0 Å². The molecular formula is C21H28N2O3. The highest BCUT2D eigenvalue weighted by atomic mass is 16.5. The van der Waals surface area contributed by atoms with Crippen LogP contribution in [0.4, 0.5) is 0 Å². The Kier molecular flexibility index (Phi) is 5.14. The third kappa shape index (κ3) is 4.37. The fourth-order valence-corrected chi connectivity index (χ4v) is 3.96. The van der Waals surface area contributed by atoms with Crippen molar-refractivity contribution in [3.8, 4) is 5.75 Å². The first kappa shape index (κ1) is 17.4. The Labute approximate surface area is 155 Å². The molecule has 4 rings (SSSR count). The molecule has 1 aliphatic heterocycles. The molecule has 0 atom stereocenters. The molecule has 2 amide bonds. The minimum atomic E-state index is 0.00143. The molecule has 1 heterocycles. The highest BCUT2D eigenvalue weighted by Crippen LogP contribution is 2.44. The Bertz CT molecular complexity index is 620. The summed E-state index contributed by atoms with van der Waals surface area (Å²) in [6, 6.07) is 9.81. The lowest BCUT2D eigenvalue weighted by atomic mass is 9.94. The Morgan fingerprint density at radius 2 is 1.62 bits per heavy atom. The SMILES string of the molecule is O=C(NC(C1CC1)C1CC1)C1CCN(C(=O)COc2ccccc2)CC1. The highest BCUT2D eigenvalue weighted by Gasteiger charge is 2.43. The second kappa shape index (κ2) is 7.68. The molecule has 1 aromatic carbocycles. The van der Waals surface area contributed by atoms with E-state index in [9.17, 15) is 9.59 Å². The van der Waals surface area contributed by atoms with Gasteiger partial charge in [-0.2, -0.15) is 0 Å². The van der Waals surface area contributed by atoms with Crippen molar-refractivity contribution >= 4 is 11.8 Å². The number of hydrogen-bond donors (Lipinski definition) is 1.